The molecule has 0 saturated heterocycles. The maximum Gasteiger partial charge on any atom is 0.0517 e. The highest BCUT2D eigenvalue weighted by atomic mass is 15.0. The topological polar surface area (TPSA) is 38.0 Å². The zero-order valence-corrected chi connectivity index (χ0v) is 7.52. The van der Waals surface area contributed by atoms with Crippen LogP contribution in [-0.4, -0.2) is 12.7 Å². The van der Waals surface area contributed by atoms with E-state index in [4.69, 9.17) is 5.73 Å². The predicted octanol–water partition coefficient (Wildman–Crippen LogP) is 1.17. The minimum absolute atomic E-state index is 0.126. The summed E-state index contributed by atoms with van der Waals surface area (Å²) in [7, 11) is 0. The lowest BCUT2D eigenvalue weighted by molar-refractivity contribution is 0.375. The van der Waals surface area contributed by atoms with E-state index >= 15 is 0 Å². The van der Waals surface area contributed by atoms with Crippen LogP contribution in [-0.2, 0) is 0 Å². The third-order valence-corrected chi connectivity index (χ3v) is 1.90. The zero-order chi connectivity index (χ0) is 8.15. The molecular formula is C8H20N2. The number of rotatable bonds is 4. The van der Waals surface area contributed by atoms with Crippen molar-refractivity contribution in [1.82, 2.24) is 5.32 Å². The average Bonchev–Trinajstić information content (AvgIpc) is 1.82. The van der Waals surface area contributed by atoms with Gasteiger partial charge < -0.3 is 11.1 Å². The van der Waals surface area contributed by atoms with Crippen molar-refractivity contribution >= 4 is 0 Å². The Bertz CT molecular complexity index is 79.3. The molecule has 10 heavy (non-hydrogen) atoms. The van der Waals surface area contributed by atoms with Crippen LogP contribution in [0.5, 0.6) is 0 Å². The maximum absolute atomic E-state index is 5.53. The molecule has 3 N–H and O–H groups in total. The van der Waals surface area contributed by atoms with Crippen molar-refractivity contribution in [3.8, 4) is 0 Å². The molecular weight excluding hydrogens is 124 g/mol. The summed E-state index contributed by atoms with van der Waals surface area (Å²) in [6.45, 7) is 9.68. The molecule has 0 spiro atoms. The van der Waals surface area contributed by atoms with E-state index < -0.39 is 0 Å². The van der Waals surface area contributed by atoms with Gasteiger partial charge in [-0.1, -0.05) is 20.8 Å². The fraction of sp³-hybridized carbons (Fsp3) is 1.00. The fourth-order valence-corrected chi connectivity index (χ4v) is 0.607. The minimum atomic E-state index is 0.126. The van der Waals surface area contributed by atoms with Gasteiger partial charge in [0, 0.05) is 0 Å². The van der Waals surface area contributed by atoms with Gasteiger partial charge in [-0.15, -0.1) is 0 Å². The summed E-state index contributed by atoms with van der Waals surface area (Å²) in [5, 5.41) is 3.20. The molecule has 0 heterocycles. The summed E-state index contributed by atoms with van der Waals surface area (Å²) in [6, 6.07) is 0. The molecule has 0 aliphatic rings. The Balaban J connectivity index is 3.30. The third kappa shape index (κ3) is 4.77. The van der Waals surface area contributed by atoms with Crippen molar-refractivity contribution in [2.45, 2.75) is 33.9 Å². The van der Waals surface area contributed by atoms with Crippen molar-refractivity contribution in [1.29, 1.82) is 0 Å². The van der Waals surface area contributed by atoms with Gasteiger partial charge >= 0.3 is 0 Å². The van der Waals surface area contributed by atoms with Gasteiger partial charge in [0.2, 0.25) is 0 Å². The van der Waals surface area contributed by atoms with Gasteiger partial charge in [0.15, 0.2) is 0 Å². The lowest BCUT2D eigenvalue weighted by Gasteiger charge is -2.17. The molecule has 0 bridgehead atoms. The standard InChI is InChI=1S/C8H20N2/c1-6(2)7(3)5-10-8(4)9/h6-8,10H,5,9H2,1-4H3. The first-order valence-corrected chi connectivity index (χ1v) is 4.03. The van der Waals surface area contributed by atoms with Crippen LogP contribution in [0.2, 0.25) is 0 Å². The van der Waals surface area contributed by atoms with Gasteiger partial charge in [-0.25, -0.2) is 0 Å². The average molecular weight is 144 g/mol. The molecule has 0 aliphatic carbocycles. The largest absolute Gasteiger partial charge is 0.316 e. The van der Waals surface area contributed by atoms with E-state index in [2.05, 4.69) is 26.1 Å². The summed E-state index contributed by atoms with van der Waals surface area (Å²) < 4.78 is 0. The molecule has 2 nitrogen and oxygen atoms in total. The van der Waals surface area contributed by atoms with E-state index in [1.54, 1.807) is 0 Å². The van der Waals surface area contributed by atoms with Crippen molar-refractivity contribution in [3.63, 3.8) is 0 Å². The highest BCUT2D eigenvalue weighted by molar-refractivity contribution is 4.61. The van der Waals surface area contributed by atoms with Crippen molar-refractivity contribution in [3.05, 3.63) is 0 Å². The molecule has 2 atom stereocenters. The molecule has 0 amide bonds. The molecule has 0 aromatic heterocycles. The number of hydrogen-bond acceptors (Lipinski definition) is 2. The van der Waals surface area contributed by atoms with Gasteiger partial charge in [0.05, 0.1) is 6.17 Å². The Hall–Kier alpha value is -0.0800. The van der Waals surface area contributed by atoms with Crippen LogP contribution >= 0.6 is 0 Å². The van der Waals surface area contributed by atoms with E-state index in [9.17, 15) is 0 Å². The quantitative estimate of drug-likeness (QED) is 0.581. The second-order valence-electron chi connectivity index (χ2n) is 3.42. The molecule has 62 valence electrons. The summed E-state index contributed by atoms with van der Waals surface area (Å²) in [4.78, 5) is 0. The zero-order valence-electron chi connectivity index (χ0n) is 7.52. The summed E-state index contributed by atoms with van der Waals surface area (Å²) in [5.41, 5.74) is 5.53. The molecule has 0 fully saturated rings. The van der Waals surface area contributed by atoms with Crippen molar-refractivity contribution < 1.29 is 0 Å². The van der Waals surface area contributed by atoms with Crippen LogP contribution in [0.25, 0.3) is 0 Å². The molecule has 2 heteroatoms. The second kappa shape index (κ2) is 4.69. The second-order valence-corrected chi connectivity index (χ2v) is 3.42. The van der Waals surface area contributed by atoms with Gasteiger partial charge in [-0.05, 0) is 25.3 Å². The first-order valence-electron chi connectivity index (χ1n) is 4.03. The van der Waals surface area contributed by atoms with Crippen molar-refractivity contribution in [2.75, 3.05) is 6.54 Å². The highest BCUT2D eigenvalue weighted by Crippen LogP contribution is 2.07. The van der Waals surface area contributed by atoms with Crippen LogP contribution < -0.4 is 11.1 Å². The molecule has 0 radical (unpaired) electrons. The Labute approximate surface area is 64.2 Å². The summed E-state index contributed by atoms with van der Waals surface area (Å²) in [5.74, 6) is 1.46. The van der Waals surface area contributed by atoms with Gasteiger partial charge in [0.1, 0.15) is 0 Å². The molecule has 0 aromatic rings. The minimum Gasteiger partial charge on any atom is -0.316 e. The van der Waals surface area contributed by atoms with Crippen LogP contribution in [0.1, 0.15) is 27.7 Å². The molecule has 2 unspecified atom stereocenters. The Kier molecular flexibility index (Phi) is 4.65. The Morgan fingerprint density at radius 2 is 1.70 bits per heavy atom. The molecule has 0 saturated carbocycles. The van der Waals surface area contributed by atoms with E-state index in [-0.39, 0.29) is 6.17 Å². The van der Waals surface area contributed by atoms with Gasteiger partial charge in [0.25, 0.3) is 0 Å². The lowest BCUT2D eigenvalue weighted by Crippen LogP contribution is -2.37. The van der Waals surface area contributed by atoms with Crippen LogP contribution in [0, 0.1) is 11.8 Å². The maximum atomic E-state index is 5.53. The highest BCUT2D eigenvalue weighted by Gasteiger charge is 2.06. The third-order valence-electron chi connectivity index (χ3n) is 1.90. The van der Waals surface area contributed by atoms with Crippen LogP contribution in [0.4, 0.5) is 0 Å². The predicted molar refractivity (Wildman–Crippen MR) is 45.7 cm³/mol. The van der Waals surface area contributed by atoms with Crippen LogP contribution in [0.3, 0.4) is 0 Å². The normalized spacial score (nSPS) is 17.4. The van der Waals surface area contributed by atoms with E-state index in [0.29, 0.717) is 5.92 Å². The molecule has 0 aliphatic heterocycles. The van der Waals surface area contributed by atoms with Crippen LogP contribution in [0.15, 0.2) is 0 Å². The first kappa shape index (κ1) is 9.92. The Morgan fingerprint density at radius 3 is 2.00 bits per heavy atom. The van der Waals surface area contributed by atoms with E-state index in [0.717, 1.165) is 12.5 Å². The van der Waals surface area contributed by atoms with E-state index in [1.165, 1.54) is 0 Å². The number of nitrogens with one attached hydrogen (secondary N) is 1. The smallest absolute Gasteiger partial charge is 0.0517 e. The number of nitrogens with two attached hydrogens (primary N) is 1. The molecule has 0 rings (SSSR count). The summed E-state index contributed by atoms with van der Waals surface area (Å²) in [6.07, 6.45) is 0.126. The lowest BCUT2D eigenvalue weighted by atomic mass is 9.98. The SMILES string of the molecule is CC(N)NCC(C)C(C)C. The number of hydrogen-bond donors (Lipinski definition) is 2. The monoisotopic (exact) mass is 144 g/mol. The van der Waals surface area contributed by atoms with Gasteiger partial charge in [-0.3, -0.25) is 0 Å². The van der Waals surface area contributed by atoms with Gasteiger partial charge in [-0.2, -0.15) is 0 Å². The Morgan fingerprint density at radius 1 is 1.20 bits per heavy atom. The van der Waals surface area contributed by atoms with Crippen molar-refractivity contribution in [2.24, 2.45) is 17.6 Å². The van der Waals surface area contributed by atoms with E-state index in [1.807, 2.05) is 6.92 Å². The summed E-state index contributed by atoms with van der Waals surface area (Å²) >= 11 is 0. The first-order chi connectivity index (χ1) is 4.54. The fourth-order valence-electron chi connectivity index (χ4n) is 0.607. The molecule has 0 aromatic carbocycles.